The van der Waals surface area contributed by atoms with Crippen molar-refractivity contribution in [1.82, 2.24) is 15.1 Å². The molecular formula is C21H31N3O4. The zero-order chi connectivity index (χ0) is 20.1. The van der Waals surface area contributed by atoms with E-state index in [0.29, 0.717) is 13.0 Å². The van der Waals surface area contributed by atoms with Crippen LogP contribution in [0.1, 0.15) is 38.3 Å². The van der Waals surface area contributed by atoms with Crippen molar-refractivity contribution in [3.8, 4) is 5.75 Å². The second-order valence-corrected chi connectivity index (χ2v) is 8.38. The molecule has 2 heterocycles. The Hall–Kier alpha value is -2.28. The topological polar surface area (TPSA) is 71.1 Å². The first-order valence-electron chi connectivity index (χ1n) is 10.0. The Bertz CT molecular complexity index is 706. The van der Waals surface area contributed by atoms with Gasteiger partial charge in [0.1, 0.15) is 11.4 Å². The zero-order valence-corrected chi connectivity index (χ0v) is 17.1. The third-order valence-corrected chi connectivity index (χ3v) is 4.89. The summed E-state index contributed by atoms with van der Waals surface area (Å²) in [5.74, 6) is 1.09. The van der Waals surface area contributed by atoms with E-state index >= 15 is 0 Å². The van der Waals surface area contributed by atoms with Crippen molar-refractivity contribution < 1.29 is 19.1 Å². The van der Waals surface area contributed by atoms with Gasteiger partial charge in [0.15, 0.2) is 0 Å². The van der Waals surface area contributed by atoms with Crippen LogP contribution in [0, 0.1) is 0 Å². The van der Waals surface area contributed by atoms with Gasteiger partial charge in [-0.15, -0.1) is 0 Å². The molecule has 0 aromatic heterocycles. The number of hydrogen-bond acceptors (Lipinski definition) is 5. The summed E-state index contributed by atoms with van der Waals surface area (Å²) in [4.78, 5) is 28.2. The van der Waals surface area contributed by atoms with Gasteiger partial charge in [-0.05, 0) is 38.0 Å². The smallest absolute Gasteiger partial charge is 0.407 e. The maximum absolute atomic E-state index is 12.4. The van der Waals surface area contributed by atoms with Crippen LogP contribution in [0.5, 0.6) is 5.75 Å². The number of carbonyl (C=O) groups excluding carboxylic acids is 2. The van der Waals surface area contributed by atoms with Crippen molar-refractivity contribution in [2.45, 2.75) is 45.8 Å². The Balaban J connectivity index is 1.36. The summed E-state index contributed by atoms with van der Waals surface area (Å²) in [7, 11) is 0. The third kappa shape index (κ3) is 5.86. The SMILES string of the molecule is CC(C)(C)OC(=O)NCCC(=O)N1CCN(Cc2ccc3c(c2)CCO3)CC1. The standard InChI is InChI=1S/C21H31N3O4/c1-21(2,3)28-20(26)22-8-6-19(25)24-11-9-23(10-12-24)15-16-4-5-18-17(14-16)7-13-27-18/h4-5,14H,6-13,15H2,1-3H3,(H,22,26). The van der Waals surface area contributed by atoms with E-state index in [-0.39, 0.29) is 5.91 Å². The summed E-state index contributed by atoms with van der Waals surface area (Å²) < 4.78 is 10.7. The molecule has 1 aromatic rings. The molecule has 1 aromatic carbocycles. The molecule has 2 amide bonds. The fraction of sp³-hybridized carbons (Fsp3) is 0.619. The van der Waals surface area contributed by atoms with Crippen LogP contribution in [0.2, 0.25) is 0 Å². The minimum atomic E-state index is -0.531. The molecule has 7 heteroatoms. The second-order valence-electron chi connectivity index (χ2n) is 8.38. The first-order chi connectivity index (χ1) is 13.3. The molecule has 28 heavy (non-hydrogen) atoms. The molecule has 154 valence electrons. The molecule has 0 spiro atoms. The van der Waals surface area contributed by atoms with Gasteiger partial charge in [-0.1, -0.05) is 12.1 Å². The van der Waals surface area contributed by atoms with Gasteiger partial charge in [0.05, 0.1) is 6.61 Å². The van der Waals surface area contributed by atoms with E-state index < -0.39 is 11.7 Å². The fourth-order valence-corrected chi connectivity index (χ4v) is 3.50. The number of fused-ring (bicyclic) bond motifs is 1. The molecule has 1 fully saturated rings. The van der Waals surface area contributed by atoms with Gasteiger partial charge < -0.3 is 19.7 Å². The molecule has 1 N–H and O–H groups in total. The molecule has 0 atom stereocenters. The lowest BCUT2D eigenvalue weighted by Gasteiger charge is -2.35. The van der Waals surface area contributed by atoms with Crippen molar-refractivity contribution in [2.75, 3.05) is 39.3 Å². The number of rotatable bonds is 5. The van der Waals surface area contributed by atoms with E-state index in [0.717, 1.165) is 51.5 Å². The molecular weight excluding hydrogens is 358 g/mol. The van der Waals surface area contributed by atoms with Gasteiger partial charge in [0.2, 0.25) is 5.91 Å². The van der Waals surface area contributed by atoms with Crippen LogP contribution in [0.15, 0.2) is 18.2 Å². The fourth-order valence-electron chi connectivity index (χ4n) is 3.50. The second kappa shape index (κ2) is 8.82. The highest BCUT2D eigenvalue weighted by Gasteiger charge is 2.22. The van der Waals surface area contributed by atoms with Crippen LogP contribution in [-0.2, 0) is 22.5 Å². The van der Waals surface area contributed by atoms with E-state index in [4.69, 9.17) is 9.47 Å². The Morgan fingerprint density at radius 1 is 1.18 bits per heavy atom. The molecule has 0 radical (unpaired) electrons. The van der Waals surface area contributed by atoms with Crippen LogP contribution in [0.4, 0.5) is 4.79 Å². The summed E-state index contributed by atoms with van der Waals surface area (Å²) in [6.45, 7) is 10.6. The number of benzene rings is 1. The maximum Gasteiger partial charge on any atom is 0.407 e. The largest absolute Gasteiger partial charge is 0.493 e. The first-order valence-corrected chi connectivity index (χ1v) is 10.0. The van der Waals surface area contributed by atoms with Crippen molar-refractivity contribution in [3.63, 3.8) is 0 Å². The average Bonchev–Trinajstić information content (AvgIpc) is 3.08. The van der Waals surface area contributed by atoms with Crippen LogP contribution in [-0.4, -0.2) is 66.7 Å². The molecule has 2 aliphatic rings. The van der Waals surface area contributed by atoms with Gasteiger partial charge in [0, 0.05) is 52.1 Å². The number of nitrogens with one attached hydrogen (secondary N) is 1. The lowest BCUT2D eigenvalue weighted by atomic mass is 10.1. The monoisotopic (exact) mass is 389 g/mol. The van der Waals surface area contributed by atoms with Gasteiger partial charge in [-0.25, -0.2) is 4.79 Å². The quantitative estimate of drug-likeness (QED) is 0.836. The zero-order valence-electron chi connectivity index (χ0n) is 17.1. The van der Waals surface area contributed by atoms with Crippen molar-refractivity contribution in [3.05, 3.63) is 29.3 Å². The molecule has 0 bridgehead atoms. The number of ether oxygens (including phenoxy) is 2. The maximum atomic E-state index is 12.4. The molecule has 3 rings (SSSR count). The van der Waals surface area contributed by atoms with Gasteiger partial charge in [-0.2, -0.15) is 0 Å². The van der Waals surface area contributed by atoms with Crippen LogP contribution < -0.4 is 10.1 Å². The van der Waals surface area contributed by atoms with Crippen LogP contribution in [0.3, 0.4) is 0 Å². The normalized spacial score (nSPS) is 17.0. The number of amides is 2. The Morgan fingerprint density at radius 3 is 2.64 bits per heavy atom. The molecule has 0 unspecified atom stereocenters. The minimum absolute atomic E-state index is 0.0744. The van der Waals surface area contributed by atoms with Gasteiger partial charge in [0.25, 0.3) is 0 Å². The Morgan fingerprint density at radius 2 is 1.93 bits per heavy atom. The predicted molar refractivity (Wildman–Crippen MR) is 106 cm³/mol. The summed E-state index contributed by atoms with van der Waals surface area (Å²) >= 11 is 0. The number of alkyl carbamates (subject to hydrolysis) is 1. The number of nitrogens with zero attached hydrogens (tertiary/aromatic N) is 2. The van der Waals surface area contributed by atoms with Gasteiger partial charge in [-0.3, -0.25) is 9.69 Å². The Kier molecular flexibility index (Phi) is 6.44. The van der Waals surface area contributed by atoms with Crippen molar-refractivity contribution >= 4 is 12.0 Å². The van der Waals surface area contributed by atoms with Crippen LogP contribution in [0.25, 0.3) is 0 Å². The van der Waals surface area contributed by atoms with E-state index in [9.17, 15) is 9.59 Å². The van der Waals surface area contributed by atoms with Crippen molar-refractivity contribution in [2.24, 2.45) is 0 Å². The number of piperazine rings is 1. The molecule has 0 saturated carbocycles. The lowest BCUT2D eigenvalue weighted by molar-refractivity contribution is -0.132. The van der Waals surface area contributed by atoms with E-state index in [2.05, 4.69) is 28.4 Å². The van der Waals surface area contributed by atoms with E-state index in [1.807, 2.05) is 25.7 Å². The third-order valence-electron chi connectivity index (χ3n) is 4.89. The van der Waals surface area contributed by atoms with E-state index in [1.165, 1.54) is 11.1 Å². The van der Waals surface area contributed by atoms with Crippen LogP contribution >= 0.6 is 0 Å². The summed E-state index contributed by atoms with van der Waals surface area (Å²) in [6, 6.07) is 6.43. The highest BCUT2D eigenvalue weighted by Crippen LogP contribution is 2.26. The molecule has 0 aliphatic carbocycles. The Labute approximate surface area is 167 Å². The average molecular weight is 389 g/mol. The number of hydrogen-bond donors (Lipinski definition) is 1. The van der Waals surface area contributed by atoms with Crippen molar-refractivity contribution in [1.29, 1.82) is 0 Å². The first kappa shape index (κ1) is 20.5. The minimum Gasteiger partial charge on any atom is -0.493 e. The van der Waals surface area contributed by atoms with E-state index in [1.54, 1.807) is 0 Å². The predicted octanol–water partition coefficient (Wildman–Crippen LogP) is 2.18. The lowest BCUT2D eigenvalue weighted by Crippen LogP contribution is -2.48. The molecule has 1 saturated heterocycles. The summed E-state index contributed by atoms with van der Waals surface area (Å²) in [5.41, 5.74) is 2.06. The summed E-state index contributed by atoms with van der Waals surface area (Å²) in [5, 5.41) is 2.64. The molecule has 2 aliphatic heterocycles. The molecule has 7 nitrogen and oxygen atoms in total. The van der Waals surface area contributed by atoms with Gasteiger partial charge >= 0.3 is 6.09 Å². The highest BCUT2D eigenvalue weighted by atomic mass is 16.6. The highest BCUT2D eigenvalue weighted by molar-refractivity contribution is 5.77. The summed E-state index contributed by atoms with van der Waals surface area (Å²) in [6.07, 6.45) is 0.803. The number of carbonyl (C=O) groups is 2.